The Balaban J connectivity index is 2.09. The summed E-state index contributed by atoms with van der Waals surface area (Å²) in [5.41, 5.74) is 10.1. The average Bonchev–Trinajstić information content (AvgIpc) is 2.89. The molecule has 2 N–H and O–H groups in total. The zero-order valence-electron chi connectivity index (χ0n) is 12.7. The molecule has 1 fully saturated rings. The van der Waals surface area contributed by atoms with Crippen molar-refractivity contribution < 1.29 is 9.26 Å². The molecule has 0 radical (unpaired) electrons. The van der Waals surface area contributed by atoms with Crippen LogP contribution < -0.4 is 10.5 Å². The molecule has 0 atom stereocenters. The lowest BCUT2D eigenvalue weighted by atomic mass is 9.84. The van der Waals surface area contributed by atoms with Crippen LogP contribution in [-0.4, -0.2) is 12.3 Å². The Kier molecular flexibility index (Phi) is 3.86. The Hall–Kier alpha value is -1.97. The van der Waals surface area contributed by atoms with Crippen molar-refractivity contribution in [1.82, 2.24) is 5.16 Å². The van der Waals surface area contributed by atoms with Gasteiger partial charge in [-0.3, -0.25) is 0 Å². The molecule has 1 aromatic heterocycles. The summed E-state index contributed by atoms with van der Waals surface area (Å²) in [7, 11) is 1.68. The number of aryl methyl sites for hydroxylation is 1. The van der Waals surface area contributed by atoms with Crippen molar-refractivity contribution in [2.45, 2.75) is 44.9 Å². The summed E-state index contributed by atoms with van der Waals surface area (Å²) in [5.74, 6) is 1.65. The van der Waals surface area contributed by atoms with E-state index in [1.807, 2.05) is 12.1 Å². The van der Waals surface area contributed by atoms with Gasteiger partial charge in [0.05, 0.1) is 18.4 Å². The van der Waals surface area contributed by atoms with Crippen molar-refractivity contribution in [1.29, 1.82) is 0 Å². The Morgan fingerprint density at radius 2 is 2.00 bits per heavy atom. The van der Waals surface area contributed by atoms with Gasteiger partial charge in [-0.05, 0) is 31.9 Å². The van der Waals surface area contributed by atoms with E-state index in [2.05, 4.69) is 18.1 Å². The van der Waals surface area contributed by atoms with Gasteiger partial charge in [0, 0.05) is 11.5 Å². The molecule has 0 saturated heterocycles. The predicted octanol–water partition coefficient (Wildman–Crippen LogP) is 4.29. The molecule has 1 saturated carbocycles. The monoisotopic (exact) mass is 286 g/mol. The number of methoxy groups -OCH3 is 1. The second kappa shape index (κ2) is 5.80. The fourth-order valence-electron chi connectivity index (χ4n) is 3.26. The lowest BCUT2D eigenvalue weighted by molar-refractivity contribution is 0.388. The number of nitrogen functional groups attached to an aromatic ring is 1. The number of hydrogen-bond donors (Lipinski definition) is 1. The zero-order valence-corrected chi connectivity index (χ0v) is 12.7. The summed E-state index contributed by atoms with van der Waals surface area (Å²) < 4.78 is 10.8. The van der Waals surface area contributed by atoms with Crippen molar-refractivity contribution in [3.63, 3.8) is 0 Å². The van der Waals surface area contributed by atoms with Gasteiger partial charge in [-0.15, -0.1) is 0 Å². The minimum atomic E-state index is 0.388. The van der Waals surface area contributed by atoms with Crippen LogP contribution in [0.1, 0.15) is 49.3 Å². The molecule has 0 bridgehead atoms. The van der Waals surface area contributed by atoms with E-state index in [-0.39, 0.29) is 0 Å². The van der Waals surface area contributed by atoms with E-state index in [1.165, 1.54) is 24.8 Å². The number of ether oxygens (including phenoxy) is 1. The van der Waals surface area contributed by atoms with E-state index in [0.29, 0.717) is 11.8 Å². The second-order valence-corrected chi connectivity index (χ2v) is 5.85. The van der Waals surface area contributed by atoms with Crippen LogP contribution in [0, 0.1) is 6.92 Å². The van der Waals surface area contributed by atoms with Gasteiger partial charge in [0.15, 0.2) is 0 Å². The average molecular weight is 286 g/mol. The van der Waals surface area contributed by atoms with E-state index in [1.54, 1.807) is 7.11 Å². The third kappa shape index (κ3) is 2.62. The summed E-state index contributed by atoms with van der Waals surface area (Å²) in [6.07, 6.45) is 6.14. The van der Waals surface area contributed by atoms with E-state index in [0.717, 1.165) is 35.4 Å². The molecule has 1 aliphatic rings. The first kappa shape index (κ1) is 14.0. The van der Waals surface area contributed by atoms with Crippen molar-refractivity contribution in [3.8, 4) is 16.9 Å². The molecular formula is C17H22N2O2. The molecule has 1 heterocycles. The molecular weight excluding hydrogens is 264 g/mol. The summed E-state index contributed by atoms with van der Waals surface area (Å²) >= 11 is 0. The van der Waals surface area contributed by atoms with Crippen LogP contribution in [0.3, 0.4) is 0 Å². The van der Waals surface area contributed by atoms with Crippen LogP contribution in [-0.2, 0) is 0 Å². The van der Waals surface area contributed by atoms with Crippen LogP contribution in [0.25, 0.3) is 11.1 Å². The van der Waals surface area contributed by atoms with Crippen molar-refractivity contribution >= 4 is 5.88 Å². The molecule has 21 heavy (non-hydrogen) atoms. The molecule has 112 valence electrons. The fourth-order valence-corrected chi connectivity index (χ4v) is 3.26. The van der Waals surface area contributed by atoms with Gasteiger partial charge < -0.3 is 15.0 Å². The quantitative estimate of drug-likeness (QED) is 0.914. The number of rotatable bonds is 3. The minimum Gasteiger partial charge on any atom is -0.496 e. The number of benzene rings is 1. The first-order valence-corrected chi connectivity index (χ1v) is 7.60. The number of nitrogens with two attached hydrogens (primary N) is 1. The van der Waals surface area contributed by atoms with Gasteiger partial charge in [-0.2, -0.15) is 0 Å². The molecule has 1 aliphatic carbocycles. The highest BCUT2D eigenvalue weighted by molar-refractivity contribution is 5.80. The molecule has 0 aliphatic heterocycles. The molecule has 4 nitrogen and oxygen atoms in total. The third-order valence-corrected chi connectivity index (χ3v) is 4.36. The smallest absolute Gasteiger partial charge is 0.230 e. The molecule has 3 rings (SSSR count). The molecule has 0 unspecified atom stereocenters. The highest BCUT2D eigenvalue weighted by Gasteiger charge is 2.26. The fraction of sp³-hybridized carbons (Fsp3) is 0.471. The van der Waals surface area contributed by atoms with Gasteiger partial charge in [0.1, 0.15) is 5.75 Å². The maximum absolute atomic E-state index is 6.07. The molecule has 1 aromatic carbocycles. The van der Waals surface area contributed by atoms with Crippen molar-refractivity contribution in [2.75, 3.05) is 12.8 Å². The number of hydrogen-bond acceptors (Lipinski definition) is 4. The highest BCUT2D eigenvalue weighted by Crippen LogP contribution is 2.43. The van der Waals surface area contributed by atoms with Crippen molar-refractivity contribution in [3.05, 3.63) is 29.5 Å². The first-order chi connectivity index (χ1) is 10.2. The van der Waals surface area contributed by atoms with Gasteiger partial charge in [-0.1, -0.05) is 36.0 Å². The number of nitrogens with zero attached hydrogens (tertiary/aromatic N) is 1. The van der Waals surface area contributed by atoms with Gasteiger partial charge >= 0.3 is 0 Å². The summed E-state index contributed by atoms with van der Waals surface area (Å²) in [5, 5.41) is 4.27. The van der Waals surface area contributed by atoms with E-state index < -0.39 is 0 Å². The highest BCUT2D eigenvalue weighted by atomic mass is 16.5. The minimum absolute atomic E-state index is 0.388. The Labute approximate surface area is 125 Å². The predicted molar refractivity (Wildman–Crippen MR) is 83.5 cm³/mol. The standard InChI is InChI=1S/C17H22N2O2/c1-11-8-9-14(20-2)13(10-11)15-16(19-21-17(15)18)12-6-4-3-5-7-12/h8-10,12H,3-7,18H2,1-2H3. The maximum Gasteiger partial charge on any atom is 0.230 e. The Bertz CT molecular complexity index is 628. The van der Waals surface area contributed by atoms with Crippen LogP contribution >= 0.6 is 0 Å². The molecule has 4 heteroatoms. The SMILES string of the molecule is COc1ccc(C)cc1-c1c(C2CCCCC2)noc1N. The lowest BCUT2D eigenvalue weighted by Gasteiger charge is -2.20. The van der Waals surface area contributed by atoms with Crippen LogP contribution in [0.15, 0.2) is 22.7 Å². The second-order valence-electron chi connectivity index (χ2n) is 5.85. The zero-order chi connectivity index (χ0) is 14.8. The van der Waals surface area contributed by atoms with Crippen LogP contribution in [0.2, 0.25) is 0 Å². The van der Waals surface area contributed by atoms with E-state index >= 15 is 0 Å². The van der Waals surface area contributed by atoms with Gasteiger partial charge in [0.2, 0.25) is 5.88 Å². The number of aromatic nitrogens is 1. The number of anilines is 1. The lowest BCUT2D eigenvalue weighted by Crippen LogP contribution is -2.06. The van der Waals surface area contributed by atoms with Crippen LogP contribution in [0.5, 0.6) is 5.75 Å². The molecule has 0 amide bonds. The topological polar surface area (TPSA) is 61.3 Å². The van der Waals surface area contributed by atoms with Gasteiger partial charge in [-0.25, -0.2) is 0 Å². The molecule has 2 aromatic rings. The van der Waals surface area contributed by atoms with Gasteiger partial charge in [0.25, 0.3) is 0 Å². The third-order valence-electron chi connectivity index (χ3n) is 4.36. The normalized spacial score (nSPS) is 16.1. The van der Waals surface area contributed by atoms with E-state index in [4.69, 9.17) is 15.0 Å². The largest absolute Gasteiger partial charge is 0.496 e. The van der Waals surface area contributed by atoms with E-state index in [9.17, 15) is 0 Å². The molecule has 0 spiro atoms. The first-order valence-electron chi connectivity index (χ1n) is 7.60. The summed E-state index contributed by atoms with van der Waals surface area (Å²) in [4.78, 5) is 0. The maximum atomic E-state index is 6.07. The summed E-state index contributed by atoms with van der Waals surface area (Å²) in [6.45, 7) is 2.06. The van der Waals surface area contributed by atoms with Crippen LogP contribution in [0.4, 0.5) is 5.88 Å². The van der Waals surface area contributed by atoms with Crippen molar-refractivity contribution in [2.24, 2.45) is 0 Å². The Morgan fingerprint density at radius 3 is 2.71 bits per heavy atom. The summed E-state index contributed by atoms with van der Waals surface area (Å²) in [6, 6.07) is 6.10. The Morgan fingerprint density at radius 1 is 1.24 bits per heavy atom.